The van der Waals surface area contributed by atoms with Gasteiger partial charge in [0.25, 0.3) is 0 Å². The molecule has 1 aromatic carbocycles. The average molecular weight is 258 g/mol. The normalized spacial score (nSPS) is 10.6. The molecule has 19 heavy (non-hydrogen) atoms. The minimum atomic E-state index is 0.456. The molecule has 2 rings (SSSR count). The molecule has 0 fully saturated rings. The van der Waals surface area contributed by atoms with E-state index in [1.807, 2.05) is 12.1 Å². The minimum Gasteiger partial charge on any atom is -0.496 e. The van der Waals surface area contributed by atoms with E-state index in [1.165, 1.54) is 17.3 Å². The summed E-state index contributed by atoms with van der Waals surface area (Å²) >= 11 is 0. The van der Waals surface area contributed by atoms with Crippen LogP contribution in [0.15, 0.2) is 48.6 Å². The number of hydrogen-bond donors (Lipinski definition) is 0. The van der Waals surface area contributed by atoms with Crippen molar-refractivity contribution in [3.63, 3.8) is 0 Å². The monoisotopic (exact) mass is 258 g/mol. The molecular formula is C13H14N4O2. The van der Waals surface area contributed by atoms with Crippen molar-refractivity contribution < 1.29 is 9.47 Å². The van der Waals surface area contributed by atoms with Crippen LogP contribution in [-0.2, 0) is 0 Å². The third kappa shape index (κ3) is 3.41. The summed E-state index contributed by atoms with van der Waals surface area (Å²) in [6, 6.07) is 5.52. The van der Waals surface area contributed by atoms with Crippen LogP contribution in [0.5, 0.6) is 11.5 Å². The maximum absolute atomic E-state index is 5.44. The zero-order valence-corrected chi connectivity index (χ0v) is 10.6. The SMILES string of the molecule is C=CCOc1ccc(C=Nn2cnnc2)c(OC)c1. The van der Waals surface area contributed by atoms with Gasteiger partial charge in [-0.2, -0.15) is 5.10 Å². The third-order valence-electron chi connectivity index (χ3n) is 2.31. The van der Waals surface area contributed by atoms with Gasteiger partial charge in [0.15, 0.2) is 0 Å². The second-order valence-electron chi connectivity index (χ2n) is 3.59. The zero-order valence-electron chi connectivity index (χ0n) is 10.6. The highest BCUT2D eigenvalue weighted by atomic mass is 16.5. The molecule has 0 spiro atoms. The van der Waals surface area contributed by atoms with Gasteiger partial charge in [0.2, 0.25) is 0 Å². The second kappa shape index (κ2) is 6.34. The first-order valence-electron chi connectivity index (χ1n) is 5.64. The number of nitrogens with zero attached hydrogens (tertiary/aromatic N) is 4. The van der Waals surface area contributed by atoms with Crippen LogP contribution in [0.1, 0.15) is 5.56 Å². The first kappa shape index (κ1) is 12.8. The summed E-state index contributed by atoms with van der Waals surface area (Å²) in [5, 5.41) is 11.5. The molecule has 0 aliphatic rings. The zero-order chi connectivity index (χ0) is 13.5. The number of methoxy groups -OCH3 is 1. The Morgan fingerprint density at radius 3 is 2.84 bits per heavy atom. The van der Waals surface area contributed by atoms with Gasteiger partial charge in [-0.3, -0.25) is 0 Å². The Balaban J connectivity index is 2.18. The highest BCUT2D eigenvalue weighted by molar-refractivity contribution is 5.83. The summed E-state index contributed by atoms with van der Waals surface area (Å²) in [5.74, 6) is 1.40. The Morgan fingerprint density at radius 2 is 2.16 bits per heavy atom. The summed E-state index contributed by atoms with van der Waals surface area (Å²) in [6.07, 6.45) is 6.36. The highest BCUT2D eigenvalue weighted by Crippen LogP contribution is 2.23. The number of ether oxygens (including phenoxy) is 2. The average Bonchev–Trinajstić information content (AvgIpc) is 2.96. The molecule has 6 nitrogen and oxygen atoms in total. The van der Waals surface area contributed by atoms with E-state index in [2.05, 4.69) is 21.9 Å². The van der Waals surface area contributed by atoms with Gasteiger partial charge < -0.3 is 9.47 Å². The molecule has 0 saturated heterocycles. The van der Waals surface area contributed by atoms with Crippen LogP contribution in [0.3, 0.4) is 0 Å². The molecule has 0 radical (unpaired) electrons. The molecular weight excluding hydrogens is 244 g/mol. The second-order valence-corrected chi connectivity index (χ2v) is 3.59. The lowest BCUT2D eigenvalue weighted by molar-refractivity contribution is 0.357. The van der Waals surface area contributed by atoms with Crippen LogP contribution in [0.25, 0.3) is 0 Å². The standard InChI is InChI=1S/C13H14N4O2/c1-3-6-19-12-5-4-11(13(7-12)18-2)8-16-17-9-14-15-10-17/h3-5,7-10H,1,6H2,2H3. The summed E-state index contributed by atoms with van der Waals surface area (Å²) in [5.41, 5.74) is 0.835. The Labute approximate surface area is 111 Å². The molecule has 0 amide bonds. The fourth-order valence-electron chi connectivity index (χ4n) is 1.43. The van der Waals surface area contributed by atoms with Crippen molar-refractivity contribution in [1.82, 2.24) is 14.9 Å². The van der Waals surface area contributed by atoms with Crippen molar-refractivity contribution in [3.8, 4) is 11.5 Å². The van der Waals surface area contributed by atoms with Gasteiger partial charge in [0, 0.05) is 11.6 Å². The quantitative estimate of drug-likeness (QED) is 0.585. The topological polar surface area (TPSA) is 61.5 Å². The molecule has 1 heterocycles. The van der Waals surface area contributed by atoms with Gasteiger partial charge in [0.05, 0.1) is 13.3 Å². The van der Waals surface area contributed by atoms with Crippen molar-refractivity contribution in [3.05, 3.63) is 49.1 Å². The van der Waals surface area contributed by atoms with Crippen LogP contribution in [0.4, 0.5) is 0 Å². The summed E-state index contributed by atoms with van der Waals surface area (Å²) in [4.78, 5) is 0. The fraction of sp³-hybridized carbons (Fsp3) is 0.154. The predicted molar refractivity (Wildman–Crippen MR) is 71.7 cm³/mol. The number of hydrogen-bond acceptors (Lipinski definition) is 5. The van der Waals surface area contributed by atoms with Crippen molar-refractivity contribution in [2.75, 3.05) is 13.7 Å². The Morgan fingerprint density at radius 1 is 1.37 bits per heavy atom. The van der Waals surface area contributed by atoms with E-state index in [0.29, 0.717) is 12.4 Å². The van der Waals surface area contributed by atoms with E-state index >= 15 is 0 Å². The number of rotatable bonds is 6. The smallest absolute Gasteiger partial charge is 0.141 e. The molecule has 0 bridgehead atoms. The summed E-state index contributed by atoms with van der Waals surface area (Å²) < 4.78 is 12.2. The van der Waals surface area contributed by atoms with Crippen LogP contribution >= 0.6 is 0 Å². The molecule has 6 heteroatoms. The molecule has 98 valence electrons. The van der Waals surface area contributed by atoms with Gasteiger partial charge in [0.1, 0.15) is 30.8 Å². The van der Waals surface area contributed by atoms with E-state index in [9.17, 15) is 0 Å². The lowest BCUT2D eigenvalue weighted by atomic mass is 10.2. The maximum atomic E-state index is 5.44. The van der Waals surface area contributed by atoms with Gasteiger partial charge in [-0.1, -0.05) is 12.7 Å². The Hall–Kier alpha value is -2.63. The fourth-order valence-corrected chi connectivity index (χ4v) is 1.43. The van der Waals surface area contributed by atoms with E-state index in [0.717, 1.165) is 11.3 Å². The van der Waals surface area contributed by atoms with Gasteiger partial charge in [-0.15, -0.1) is 10.2 Å². The summed E-state index contributed by atoms with van der Waals surface area (Å²) in [7, 11) is 1.60. The molecule has 0 saturated carbocycles. The maximum Gasteiger partial charge on any atom is 0.141 e. The van der Waals surface area contributed by atoms with E-state index in [4.69, 9.17) is 9.47 Å². The lowest BCUT2D eigenvalue weighted by Gasteiger charge is -2.08. The molecule has 0 aliphatic carbocycles. The first-order valence-corrected chi connectivity index (χ1v) is 5.64. The van der Waals surface area contributed by atoms with E-state index in [1.54, 1.807) is 25.5 Å². The number of benzene rings is 1. The van der Waals surface area contributed by atoms with E-state index in [-0.39, 0.29) is 0 Å². The van der Waals surface area contributed by atoms with Crippen LogP contribution in [-0.4, -0.2) is 34.8 Å². The van der Waals surface area contributed by atoms with Crippen LogP contribution in [0, 0.1) is 0 Å². The Kier molecular flexibility index (Phi) is 4.28. The molecule has 2 aromatic rings. The van der Waals surface area contributed by atoms with Gasteiger partial charge in [-0.25, -0.2) is 4.68 Å². The van der Waals surface area contributed by atoms with Crippen LogP contribution in [0.2, 0.25) is 0 Å². The molecule has 0 N–H and O–H groups in total. The van der Waals surface area contributed by atoms with Crippen molar-refractivity contribution in [2.24, 2.45) is 5.10 Å². The summed E-state index contributed by atoms with van der Waals surface area (Å²) in [6.45, 7) is 4.06. The third-order valence-corrected chi connectivity index (χ3v) is 2.31. The first-order chi connectivity index (χ1) is 9.33. The number of aromatic nitrogens is 3. The van der Waals surface area contributed by atoms with Gasteiger partial charge in [-0.05, 0) is 12.1 Å². The Bertz CT molecular complexity index is 564. The molecule has 0 atom stereocenters. The van der Waals surface area contributed by atoms with Gasteiger partial charge >= 0.3 is 0 Å². The predicted octanol–water partition coefficient (Wildman–Crippen LogP) is 1.73. The lowest BCUT2D eigenvalue weighted by Crippen LogP contribution is -1.96. The highest BCUT2D eigenvalue weighted by Gasteiger charge is 2.03. The largest absolute Gasteiger partial charge is 0.496 e. The minimum absolute atomic E-state index is 0.456. The van der Waals surface area contributed by atoms with Crippen molar-refractivity contribution in [2.45, 2.75) is 0 Å². The molecule has 0 unspecified atom stereocenters. The van der Waals surface area contributed by atoms with E-state index < -0.39 is 0 Å². The molecule has 0 aliphatic heterocycles. The molecule has 1 aromatic heterocycles. The van der Waals surface area contributed by atoms with Crippen LogP contribution < -0.4 is 9.47 Å². The van der Waals surface area contributed by atoms with Crippen molar-refractivity contribution in [1.29, 1.82) is 0 Å². The van der Waals surface area contributed by atoms with Crippen molar-refractivity contribution >= 4 is 6.21 Å².